The van der Waals surface area contributed by atoms with Gasteiger partial charge in [-0.25, -0.2) is 0 Å². The number of hydrogen-bond acceptors (Lipinski definition) is 6. The minimum absolute atomic E-state index is 0.0568. The molecule has 0 aromatic heterocycles. The summed E-state index contributed by atoms with van der Waals surface area (Å²) < 4.78 is 0.557. The van der Waals surface area contributed by atoms with Crippen molar-refractivity contribution in [2.45, 2.75) is 25.7 Å². The first-order valence-corrected chi connectivity index (χ1v) is 9.33. The molecule has 0 atom stereocenters. The highest BCUT2D eigenvalue weighted by Gasteiger charge is 2.31. The zero-order chi connectivity index (χ0) is 18.4. The summed E-state index contributed by atoms with van der Waals surface area (Å²) in [4.78, 5) is 27.1. The van der Waals surface area contributed by atoms with Crippen molar-refractivity contribution in [1.29, 1.82) is 0 Å². The molecule has 25 heavy (non-hydrogen) atoms. The number of amides is 1. The third-order valence-corrected chi connectivity index (χ3v) is 5.22. The van der Waals surface area contributed by atoms with Gasteiger partial charge in [-0.05, 0) is 43.0 Å². The molecule has 0 spiro atoms. The van der Waals surface area contributed by atoms with E-state index in [-0.39, 0.29) is 12.3 Å². The molecule has 2 rings (SSSR count). The van der Waals surface area contributed by atoms with Crippen LogP contribution in [0.2, 0.25) is 0 Å². The van der Waals surface area contributed by atoms with Crippen LogP contribution in [0.3, 0.4) is 0 Å². The normalized spacial score (nSPS) is 15.9. The average Bonchev–Trinajstić information content (AvgIpc) is 2.82. The van der Waals surface area contributed by atoms with Gasteiger partial charge in [0.05, 0.1) is 4.91 Å². The Morgan fingerprint density at radius 2 is 1.92 bits per heavy atom. The Labute approximate surface area is 157 Å². The largest absolute Gasteiger partial charge is 0.550 e. The van der Waals surface area contributed by atoms with Crippen LogP contribution in [0, 0.1) is 0 Å². The fraction of sp³-hybridized carbons (Fsp3) is 0.389. The van der Waals surface area contributed by atoms with Crippen molar-refractivity contribution < 1.29 is 14.7 Å². The lowest BCUT2D eigenvalue weighted by Gasteiger charge is -2.14. The van der Waals surface area contributed by atoms with Gasteiger partial charge >= 0.3 is 0 Å². The van der Waals surface area contributed by atoms with Gasteiger partial charge in [-0.2, -0.15) is 0 Å². The summed E-state index contributed by atoms with van der Waals surface area (Å²) in [5, 5.41) is 10.4. The van der Waals surface area contributed by atoms with Gasteiger partial charge in [0.15, 0.2) is 0 Å². The topological polar surface area (TPSA) is 63.7 Å². The number of carbonyl (C=O) groups is 2. The molecule has 0 unspecified atom stereocenters. The van der Waals surface area contributed by atoms with Crippen LogP contribution in [0.15, 0.2) is 29.2 Å². The van der Waals surface area contributed by atoms with E-state index >= 15 is 0 Å². The van der Waals surface area contributed by atoms with Crippen molar-refractivity contribution >= 4 is 51.9 Å². The van der Waals surface area contributed by atoms with Crippen LogP contribution < -0.4 is 10.0 Å². The molecular formula is C18H21N2O3S2-. The van der Waals surface area contributed by atoms with Gasteiger partial charge in [-0.1, -0.05) is 42.5 Å². The van der Waals surface area contributed by atoms with Crippen molar-refractivity contribution in [2.24, 2.45) is 0 Å². The molecule has 1 aliphatic rings. The van der Waals surface area contributed by atoms with Crippen molar-refractivity contribution in [1.82, 2.24) is 4.90 Å². The first kappa shape index (κ1) is 19.5. The van der Waals surface area contributed by atoms with Crippen molar-refractivity contribution in [3.63, 3.8) is 0 Å². The monoisotopic (exact) mass is 377 g/mol. The Morgan fingerprint density at radius 3 is 2.52 bits per heavy atom. The van der Waals surface area contributed by atoms with E-state index in [0.29, 0.717) is 22.2 Å². The zero-order valence-corrected chi connectivity index (χ0v) is 16.0. The maximum Gasteiger partial charge on any atom is 0.266 e. The third-order valence-electron chi connectivity index (χ3n) is 3.84. The van der Waals surface area contributed by atoms with Gasteiger partial charge in [0.2, 0.25) is 0 Å². The number of hydrogen-bond donors (Lipinski definition) is 0. The fourth-order valence-electron chi connectivity index (χ4n) is 2.43. The summed E-state index contributed by atoms with van der Waals surface area (Å²) in [6.07, 6.45) is 3.93. The Kier molecular flexibility index (Phi) is 7.01. The second-order valence-electron chi connectivity index (χ2n) is 6.00. The van der Waals surface area contributed by atoms with Crippen LogP contribution in [0.4, 0.5) is 5.69 Å². The van der Waals surface area contributed by atoms with Gasteiger partial charge in [0, 0.05) is 32.3 Å². The first-order chi connectivity index (χ1) is 11.9. The standard InChI is InChI=1S/C18H22N2O3S2/c1-19(2)14-9-7-13(8-10-14)12-15-17(23)20(18(24)25-15)11-5-3-4-6-16(21)22/h7-10,12H,3-6,11H2,1-2H3,(H,21,22)/p-1/b15-12-. The lowest BCUT2D eigenvalue weighted by molar-refractivity contribution is -0.305. The first-order valence-electron chi connectivity index (χ1n) is 8.11. The van der Waals surface area contributed by atoms with E-state index in [2.05, 4.69) is 0 Å². The maximum absolute atomic E-state index is 12.5. The third kappa shape index (κ3) is 5.57. The second kappa shape index (κ2) is 9.01. The van der Waals surface area contributed by atoms with Crippen LogP contribution >= 0.6 is 24.0 Å². The molecular weight excluding hydrogens is 356 g/mol. The predicted octanol–water partition coefficient (Wildman–Crippen LogP) is 2.26. The number of carboxylic acids is 1. The van der Waals surface area contributed by atoms with Gasteiger partial charge in [-0.3, -0.25) is 9.69 Å². The number of rotatable bonds is 8. The number of anilines is 1. The second-order valence-corrected chi connectivity index (χ2v) is 7.68. The van der Waals surface area contributed by atoms with Gasteiger partial charge in [0.25, 0.3) is 5.91 Å². The molecule has 1 amide bonds. The van der Waals surface area contributed by atoms with Crippen LogP contribution in [0.1, 0.15) is 31.2 Å². The average molecular weight is 378 g/mol. The summed E-state index contributed by atoms with van der Waals surface area (Å²) in [7, 11) is 3.96. The number of thiocarbonyl (C=S) groups is 1. The predicted molar refractivity (Wildman–Crippen MR) is 104 cm³/mol. The van der Waals surface area contributed by atoms with Crippen LogP contribution in [0.25, 0.3) is 6.08 Å². The minimum atomic E-state index is -1.03. The molecule has 0 saturated carbocycles. The number of carbonyl (C=O) groups excluding carboxylic acids is 2. The van der Waals surface area contributed by atoms with E-state index in [0.717, 1.165) is 24.1 Å². The summed E-state index contributed by atoms with van der Waals surface area (Å²) in [6, 6.07) is 7.96. The van der Waals surface area contributed by atoms with Crippen LogP contribution in [0.5, 0.6) is 0 Å². The highest BCUT2D eigenvalue weighted by molar-refractivity contribution is 8.26. The molecule has 0 aliphatic carbocycles. The number of unbranched alkanes of at least 4 members (excludes halogenated alkanes) is 2. The maximum atomic E-state index is 12.5. The zero-order valence-electron chi connectivity index (χ0n) is 14.4. The lowest BCUT2D eigenvalue weighted by atomic mass is 10.1. The smallest absolute Gasteiger partial charge is 0.266 e. The molecule has 1 heterocycles. The molecule has 1 aliphatic heterocycles. The highest BCUT2D eigenvalue weighted by Crippen LogP contribution is 2.33. The van der Waals surface area contributed by atoms with E-state index in [4.69, 9.17) is 12.2 Å². The molecule has 1 aromatic rings. The molecule has 0 N–H and O–H groups in total. The fourth-order valence-corrected chi connectivity index (χ4v) is 3.74. The molecule has 1 saturated heterocycles. The highest BCUT2D eigenvalue weighted by atomic mass is 32.2. The molecule has 134 valence electrons. The summed E-state index contributed by atoms with van der Waals surface area (Å²) >= 11 is 6.61. The Hall–Kier alpha value is -1.86. The van der Waals surface area contributed by atoms with Crippen molar-refractivity contribution in [3.8, 4) is 0 Å². The Bertz CT molecular complexity index is 684. The molecule has 1 aromatic carbocycles. The molecule has 7 heteroatoms. The number of nitrogens with zero attached hydrogens (tertiary/aromatic N) is 2. The summed E-state index contributed by atoms with van der Waals surface area (Å²) in [5.41, 5.74) is 2.06. The minimum Gasteiger partial charge on any atom is -0.550 e. The van der Waals surface area contributed by atoms with Gasteiger partial charge in [-0.15, -0.1) is 0 Å². The van der Waals surface area contributed by atoms with Crippen LogP contribution in [-0.4, -0.2) is 41.7 Å². The molecule has 0 radical (unpaired) electrons. The molecule has 1 fully saturated rings. The van der Waals surface area contributed by atoms with Gasteiger partial charge in [0.1, 0.15) is 4.32 Å². The number of aliphatic carboxylic acids is 1. The Balaban J connectivity index is 1.94. The summed E-state index contributed by atoms with van der Waals surface area (Å²) in [5.74, 6) is -1.11. The van der Waals surface area contributed by atoms with E-state index in [1.165, 1.54) is 11.8 Å². The SMILES string of the molecule is CN(C)c1ccc(/C=C2\SC(=S)N(CCCCCC(=O)[O-])C2=O)cc1. The number of thioether (sulfide) groups is 1. The van der Waals surface area contributed by atoms with Crippen molar-refractivity contribution in [3.05, 3.63) is 34.7 Å². The lowest BCUT2D eigenvalue weighted by Crippen LogP contribution is -2.29. The van der Waals surface area contributed by atoms with Crippen LogP contribution in [-0.2, 0) is 9.59 Å². The van der Waals surface area contributed by atoms with Crippen molar-refractivity contribution in [2.75, 3.05) is 25.5 Å². The van der Waals surface area contributed by atoms with E-state index in [1.807, 2.05) is 49.3 Å². The van der Waals surface area contributed by atoms with E-state index in [9.17, 15) is 14.7 Å². The summed E-state index contributed by atoms with van der Waals surface area (Å²) in [6.45, 7) is 0.522. The molecule has 5 nitrogen and oxygen atoms in total. The quantitative estimate of drug-likeness (QED) is 0.393. The Morgan fingerprint density at radius 1 is 1.24 bits per heavy atom. The van der Waals surface area contributed by atoms with E-state index < -0.39 is 5.97 Å². The van der Waals surface area contributed by atoms with Gasteiger partial charge < -0.3 is 14.8 Å². The number of benzene rings is 1. The molecule has 0 bridgehead atoms. The number of carboxylic acid groups (broad SMARTS) is 1. The van der Waals surface area contributed by atoms with E-state index in [1.54, 1.807) is 4.90 Å².